The lowest BCUT2D eigenvalue weighted by Crippen LogP contribution is -2.40. The number of thiophene rings is 1. The van der Waals surface area contributed by atoms with Crippen molar-refractivity contribution in [2.75, 3.05) is 13.1 Å². The van der Waals surface area contributed by atoms with Gasteiger partial charge in [-0.05, 0) is 43.7 Å². The summed E-state index contributed by atoms with van der Waals surface area (Å²) in [7, 11) is 0. The van der Waals surface area contributed by atoms with Crippen LogP contribution in [0.1, 0.15) is 42.1 Å². The minimum atomic E-state index is -0.178. The first-order valence-electron chi connectivity index (χ1n) is 7.43. The van der Waals surface area contributed by atoms with Crippen LogP contribution in [0.3, 0.4) is 0 Å². The molecule has 5 heteroatoms. The lowest BCUT2D eigenvalue weighted by Gasteiger charge is -2.27. The summed E-state index contributed by atoms with van der Waals surface area (Å²) in [6.45, 7) is 3.39. The van der Waals surface area contributed by atoms with Gasteiger partial charge in [0.15, 0.2) is 0 Å². The van der Waals surface area contributed by atoms with Crippen LogP contribution in [0.2, 0.25) is 0 Å². The lowest BCUT2D eigenvalue weighted by atomic mass is 10.0. The van der Waals surface area contributed by atoms with Gasteiger partial charge in [-0.1, -0.05) is 12.1 Å². The number of nitrogens with one attached hydrogen (secondary N) is 1. The number of imide groups is 1. The van der Waals surface area contributed by atoms with E-state index in [1.807, 2.05) is 0 Å². The molecule has 112 valence electrons. The topological polar surface area (TPSA) is 49.4 Å². The molecule has 3 heterocycles. The van der Waals surface area contributed by atoms with Crippen LogP contribution in [0.25, 0.3) is 0 Å². The molecular weight excluding hydrogens is 296 g/mol. The van der Waals surface area contributed by atoms with E-state index in [0.29, 0.717) is 17.7 Å². The molecule has 0 aliphatic carbocycles. The van der Waals surface area contributed by atoms with Crippen LogP contribution in [0.15, 0.2) is 30.3 Å². The van der Waals surface area contributed by atoms with Gasteiger partial charge >= 0.3 is 0 Å². The second-order valence-corrected chi connectivity index (χ2v) is 7.06. The number of amides is 2. The summed E-state index contributed by atoms with van der Waals surface area (Å²) in [5.41, 5.74) is 2.39. The molecule has 2 aliphatic heterocycles. The fourth-order valence-electron chi connectivity index (χ4n) is 3.28. The zero-order valence-corrected chi connectivity index (χ0v) is 13.1. The molecule has 2 amide bonds. The number of hydrogen-bond acceptors (Lipinski definition) is 4. The van der Waals surface area contributed by atoms with Crippen LogP contribution < -0.4 is 5.32 Å². The zero-order chi connectivity index (χ0) is 15.3. The van der Waals surface area contributed by atoms with E-state index < -0.39 is 0 Å². The first-order chi connectivity index (χ1) is 10.6. The van der Waals surface area contributed by atoms with Crippen molar-refractivity contribution in [1.82, 2.24) is 10.2 Å². The Kier molecular flexibility index (Phi) is 3.13. The highest BCUT2D eigenvalue weighted by atomic mass is 32.1. The predicted molar refractivity (Wildman–Crippen MR) is 85.3 cm³/mol. The molecule has 22 heavy (non-hydrogen) atoms. The Balaban J connectivity index is 1.63. The van der Waals surface area contributed by atoms with E-state index in [2.05, 4.69) is 18.3 Å². The van der Waals surface area contributed by atoms with Crippen LogP contribution in [0.5, 0.6) is 0 Å². The molecule has 0 bridgehead atoms. The Hall–Kier alpha value is -1.98. The Morgan fingerprint density at radius 3 is 2.59 bits per heavy atom. The summed E-state index contributed by atoms with van der Waals surface area (Å²) in [6, 6.07) is 9.32. The van der Waals surface area contributed by atoms with Gasteiger partial charge in [-0.3, -0.25) is 14.5 Å². The smallest absolute Gasteiger partial charge is 0.261 e. The molecule has 0 saturated carbocycles. The highest BCUT2D eigenvalue weighted by Gasteiger charge is 2.37. The summed E-state index contributed by atoms with van der Waals surface area (Å²) in [5, 5.41) is 3.45. The van der Waals surface area contributed by atoms with E-state index in [1.165, 1.54) is 20.2 Å². The van der Waals surface area contributed by atoms with Crippen molar-refractivity contribution in [3.8, 4) is 0 Å². The number of nitrogens with zero attached hydrogens (tertiary/aromatic N) is 1. The molecule has 4 rings (SSSR count). The van der Waals surface area contributed by atoms with Gasteiger partial charge in [0.2, 0.25) is 0 Å². The van der Waals surface area contributed by atoms with Gasteiger partial charge in [-0.15, -0.1) is 11.3 Å². The molecule has 0 fully saturated rings. The van der Waals surface area contributed by atoms with E-state index in [4.69, 9.17) is 0 Å². The maximum Gasteiger partial charge on any atom is 0.261 e. The third-order valence-electron chi connectivity index (χ3n) is 4.31. The average Bonchev–Trinajstić information content (AvgIpc) is 3.01. The molecule has 2 aliphatic rings. The fraction of sp³-hybridized carbons (Fsp3) is 0.294. The molecule has 1 unspecified atom stereocenters. The van der Waals surface area contributed by atoms with Crippen molar-refractivity contribution < 1.29 is 9.59 Å². The normalized spacial score (nSPS) is 20.2. The van der Waals surface area contributed by atoms with Crippen LogP contribution >= 0.6 is 11.3 Å². The number of benzene rings is 1. The number of aryl methyl sites for hydroxylation is 1. The van der Waals surface area contributed by atoms with Gasteiger partial charge in [-0.2, -0.15) is 0 Å². The van der Waals surface area contributed by atoms with Crippen molar-refractivity contribution in [1.29, 1.82) is 0 Å². The minimum absolute atomic E-state index is 0.0460. The maximum absolute atomic E-state index is 12.5. The molecule has 1 aromatic heterocycles. The molecule has 0 spiro atoms. The lowest BCUT2D eigenvalue weighted by molar-refractivity contribution is 0.0637. The maximum atomic E-state index is 12.5. The van der Waals surface area contributed by atoms with Crippen LogP contribution in [-0.2, 0) is 6.42 Å². The third-order valence-corrected chi connectivity index (χ3v) is 5.52. The predicted octanol–water partition coefficient (Wildman–Crippen LogP) is 2.54. The molecule has 1 aromatic carbocycles. The van der Waals surface area contributed by atoms with Crippen molar-refractivity contribution in [3.63, 3.8) is 0 Å². The van der Waals surface area contributed by atoms with Crippen LogP contribution in [0, 0.1) is 6.92 Å². The third kappa shape index (κ3) is 2.01. The monoisotopic (exact) mass is 312 g/mol. The molecule has 1 N–H and O–H groups in total. The number of fused-ring (bicyclic) bond motifs is 2. The molecule has 1 atom stereocenters. The summed E-state index contributed by atoms with van der Waals surface area (Å²) >= 11 is 1.76. The van der Waals surface area contributed by atoms with Gasteiger partial charge in [0.25, 0.3) is 11.8 Å². The summed E-state index contributed by atoms with van der Waals surface area (Å²) in [6.07, 6.45) is 1.01. The van der Waals surface area contributed by atoms with E-state index in [9.17, 15) is 9.59 Å². The van der Waals surface area contributed by atoms with Gasteiger partial charge in [0.05, 0.1) is 17.2 Å². The van der Waals surface area contributed by atoms with E-state index in [-0.39, 0.29) is 17.9 Å². The van der Waals surface area contributed by atoms with Gasteiger partial charge in [0.1, 0.15) is 0 Å². The Bertz CT molecular complexity index is 746. The van der Waals surface area contributed by atoms with Crippen LogP contribution in [-0.4, -0.2) is 29.8 Å². The van der Waals surface area contributed by atoms with Gasteiger partial charge < -0.3 is 5.32 Å². The van der Waals surface area contributed by atoms with E-state index >= 15 is 0 Å². The number of hydrogen-bond donors (Lipinski definition) is 1. The van der Waals surface area contributed by atoms with Crippen molar-refractivity contribution in [2.45, 2.75) is 19.4 Å². The molecule has 0 saturated heterocycles. The molecule has 4 nitrogen and oxygen atoms in total. The number of carbonyl (C=O) groups is 2. The van der Waals surface area contributed by atoms with Crippen molar-refractivity contribution in [2.24, 2.45) is 0 Å². The summed E-state index contributed by atoms with van der Waals surface area (Å²) in [5.74, 6) is -0.356. The number of carbonyl (C=O) groups excluding carboxylic acids is 2. The second-order valence-electron chi connectivity index (χ2n) is 5.77. The highest BCUT2D eigenvalue weighted by Crippen LogP contribution is 2.33. The molecule has 2 aromatic rings. The van der Waals surface area contributed by atoms with Crippen LogP contribution in [0.4, 0.5) is 0 Å². The van der Waals surface area contributed by atoms with Gasteiger partial charge in [-0.25, -0.2) is 0 Å². The minimum Gasteiger partial charge on any atom is -0.307 e. The summed E-state index contributed by atoms with van der Waals surface area (Å²) < 4.78 is 0. The standard InChI is InChI=1S/C17H16N2O2S/c1-10-8-11-6-7-18-14(15(11)22-10)9-19-16(20)12-4-2-3-5-13(12)17(19)21/h2-5,8,14,18H,6-7,9H2,1H3. The van der Waals surface area contributed by atoms with Crippen molar-refractivity contribution in [3.05, 3.63) is 56.8 Å². The quantitative estimate of drug-likeness (QED) is 0.867. The largest absolute Gasteiger partial charge is 0.307 e. The Morgan fingerprint density at radius 2 is 1.91 bits per heavy atom. The first-order valence-corrected chi connectivity index (χ1v) is 8.24. The molecular formula is C17H16N2O2S. The molecule has 0 radical (unpaired) electrons. The van der Waals surface area contributed by atoms with E-state index in [1.54, 1.807) is 35.6 Å². The highest BCUT2D eigenvalue weighted by molar-refractivity contribution is 7.12. The average molecular weight is 312 g/mol. The SMILES string of the molecule is Cc1cc2c(s1)C(CN1C(=O)c3ccccc3C1=O)NCC2. The zero-order valence-electron chi connectivity index (χ0n) is 12.3. The van der Waals surface area contributed by atoms with E-state index in [0.717, 1.165) is 13.0 Å². The first kappa shape index (κ1) is 13.7. The second kappa shape index (κ2) is 5.04. The Labute approximate surface area is 132 Å². The number of rotatable bonds is 2. The van der Waals surface area contributed by atoms with Crippen molar-refractivity contribution >= 4 is 23.2 Å². The van der Waals surface area contributed by atoms with Gasteiger partial charge in [0, 0.05) is 16.3 Å². The summed E-state index contributed by atoms with van der Waals surface area (Å²) in [4.78, 5) is 28.9. The Morgan fingerprint density at radius 1 is 1.23 bits per heavy atom. The fourth-order valence-corrected chi connectivity index (χ4v) is 4.42.